The molecule has 0 fully saturated rings. The summed E-state index contributed by atoms with van der Waals surface area (Å²) in [4.78, 5) is 16.7. The van der Waals surface area contributed by atoms with Crippen LogP contribution in [0.3, 0.4) is 0 Å². The molecule has 1 aromatic carbocycles. The summed E-state index contributed by atoms with van der Waals surface area (Å²) in [6.07, 6.45) is 1.83. The van der Waals surface area contributed by atoms with Crippen LogP contribution in [0.5, 0.6) is 0 Å². The van der Waals surface area contributed by atoms with Gasteiger partial charge in [0.2, 0.25) is 0 Å². The minimum atomic E-state index is 0.375. The highest BCUT2D eigenvalue weighted by molar-refractivity contribution is 6.04. The van der Waals surface area contributed by atoms with Crippen molar-refractivity contribution < 1.29 is 9.53 Å². The molecular weight excluding hydrogens is 228 g/mol. The number of hydrogen-bond acceptors (Lipinski definition) is 3. The molecule has 0 spiro atoms. The summed E-state index contributed by atoms with van der Waals surface area (Å²) in [6.45, 7) is 2.47. The molecule has 0 unspecified atom stereocenters. The normalized spacial score (nSPS) is 9.89. The Hall–Kier alpha value is -2.36. The molecule has 0 amide bonds. The average molecular weight is 242 g/mol. The molecule has 4 nitrogen and oxygen atoms in total. The number of rotatable bonds is 1. The number of fused-ring (bicyclic) bond motifs is 3. The number of aromatic nitrogens is 2. The summed E-state index contributed by atoms with van der Waals surface area (Å²) in [6, 6.07) is 10.4. The van der Waals surface area contributed by atoms with E-state index in [1.807, 2.05) is 12.3 Å². The molecule has 92 valence electrons. The SMILES string of the molecule is COC=O.Cc1ccc2c(c1)[nH]c1cccnc12. The third kappa shape index (κ3) is 2.32. The Morgan fingerprint density at radius 3 is 2.78 bits per heavy atom. The van der Waals surface area contributed by atoms with E-state index in [2.05, 4.69) is 45.9 Å². The maximum atomic E-state index is 8.95. The zero-order chi connectivity index (χ0) is 13.0. The fourth-order valence-electron chi connectivity index (χ4n) is 1.83. The van der Waals surface area contributed by atoms with Gasteiger partial charge >= 0.3 is 0 Å². The van der Waals surface area contributed by atoms with Crippen molar-refractivity contribution in [2.75, 3.05) is 7.11 Å². The van der Waals surface area contributed by atoms with E-state index in [9.17, 15) is 0 Å². The third-order valence-electron chi connectivity index (χ3n) is 2.60. The molecule has 0 radical (unpaired) electrons. The fourth-order valence-corrected chi connectivity index (χ4v) is 1.83. The van der Waals surface area contributed by atoms with Crippen LogP contribution in [0.1, 0.15) is 5.56 Å². The molecule has 0 saturated carbocycles. The molecule has 0 aliphatic carbocycles. The van der Waals surface area contributed by atoms with Crippen molar-refractivity contribution in [2.24, 2.45) is 0 Å². The molecule has 0 bridgehead atoms. The lowest BCUT2D eigenvalue weighted by molar-refractivity contribution is -0.126. The number of ether oxygens (including phenoxy) is 1. The molecule has 18 heavy (non-hydrogen) atoms. The molecule has 0 atom stereocenters. The van der Waals surface area contributed by atoms with Gasteiger partial charge in [0.15, 0.2) is 0 Å². The van der Waals surface area contributed by atoms with E-state index in [1.54, 1.807) is 0 Å². The summed E-state index contributed by atoms with van der Waals surface area (Å²) < 4.78 is 3.86. The highest BCUT2D eigenvalue weighted by Gasteiger charge is 2.03. The summed E-state index contributed by atoms with van der Waals surface area (Å²) >= 11 is 0. The van der Waals surface area contributed by atoms with Crippen LogP contribution < -0.4 is 0 Å². The molecule has 0 aliphatic heterocycles. The molecule has 2 heterocycles. The van der Waals surface area contributed by atoms with Crippen molar-refractivity contribution in [2.45, 2.75) is 6.92 Å². The van der Waals surface area contributed by atoms with Crippen LogP contribution in [0.4, 0.5) is 0 Å². The molecule has 2 aromatic heterocycles. The number of aromatic amines is 1. The van der Waals surface area contributed by atoms with Crippen molar-refractivity contribution in [1.82, 2.24) is 9.97 Å². The molecular formula is C14H14N2O2. The Kier molecular flexibility index (Phi) is 3.57. The van der Waals surface area contributed by atoms with Gasteiger partial charge in [0.25, 0.3) is 6.47 Å². The van der Waals surface area contributed by atoms with E-state index in [4.69, 9.17) is 4.79 Å². The molecule has 0 aliphatic rings. The van der Waals surface area contributed by atoms with E-state index in [1.165, 1.54) is 23.6 Å². The molecule has 3 rings (SSSR count). The number of pyridine rings is 1. The fraction of sp³-hybridized carbons (Fsp3) is 0.143. The van der Waals surface area contributed by atoms with Gasteiger partial charge in [-0.05, 0) is 30.7 Å². The maximum Gasteiger partial charge on any atom is 0.292 e. The number of benzene rings is 1. The van der Waals surface area contributed by atoms with Crippen LogP contribution in [-0.4, -0.2) is 23.5 Å². The Morgan fingerprint density at radius 2 is 2.06 bits per heavy atom. The standard InChI is InChI=1S/C12H10N2.C2H4O2/c1-8-4-5-9-11(7-8)14-10-3-2-6-13-12(9)10;1-4-2-3/h2-7,14H,1H3;2H,1H3. The smallest absolute Gasteiger partial charge is 0.292 e. The van der Waals surface area contributed by atoms with E-state index >= 15 is 0 Å². The largest absolute Gasteiger partial charge is 0.471 e. The predicted octanol–water partition coefficient (Wildman–Crippen LogP) is 2.81. The van der Waals surface area contributed by atoms with Gasteiger partial charge in [-0.2, -0.15) is 0 Å². The van der Waals surface area contributed by atoms with Crippen molar-refractivity contribution in [3.63, 3.8) is 0 Å². The number of carbonyl (C=O) groups is 1. The molecule has 3 aromatic rings. The quantitative estimate of drug-likeness (QED) is 0.667. The topological polar surface area (TPSA) is 55.0 Å². The van der Waals surface area contributed by atoms with E-state index in [-0.39, 0.29) is 0 Å². The third-order valence-corrected chi connectivity index (χ3v) is 2.60. The average Bonchev–Trinajstić information content (AvgIpc) is 2.76. The van der Waals surface area contributed by atoms with Gasteiger partial charge in [0, 0.05) is 17.1 Å². The first-order valence-corrected chi connectivity index (χ1v) is 5.55. The minimum Gasteiger partial charge on any atom is -0.471 e. The summed E-state index contributed by atoms with van der Waals surface area (Å²) in [5.74, 6) is 0. The molecule has 0 saturated heterocycles. The van der Waals surface area contributed by atoms with Gasteiger partial charge in [0.05, 0.1) is 18.1 Å². The first kappa shape index (κ1) is 12.1. The van der Waals surface area contributed by atoms with E-state index in [0.717, 1.165) is 11.0 Å². The predicted molar refractivity (Wildman–Crippen MR) is 71.4 cm³/mol. The van der Waals surface area contributed by atoms with Crippen LogP contribution in [0, 0.1) is 6.92 Å². The van der Waals surface area contributed by atoms with Crippen molar-refractivity contribution in [1.29, 1.82) is 0 Å². The summed E-state index contributed by atoms with van der Waals surface area (Å²) in [5.41, 5.74) is 4.60. The summed E-state index contributed by atoms with van der Waals surface area (Å²) in [5, 5.41) is 1.20. The Labute approximate surface area is 105 Å². The van der Waals surface area contributed by atoms with Crippen molar-refractivity contribution in [3.05, 3.63) is 42.1 Å². The second kappa shape index (κ2) is 5.31. The Balaban J connectivity index is 0.000000267. The zero-order valence-corrected chi connectivity index (χ0v) is 10.3. The minimum absolute atomic E-state index is 0.375. The lowest BCUT2D eigenvalue weighted by atomic mass is 10.2. The number of nitrogens with zero attached hydrogens (tertiary/aromatic N) is 1. The van der Waals surface area contributed by atoms with Gasteiger partial charge in [-0.15, -0.1) is 0 Å². The number of nitrogens with one attached hydrogen (secondary N) is 1. The van der Waals surface area contributed by atoms with Gasteiger partial charge in [-0.1, -0.05) is 12.1 Å². The molecule has 4 heteroatoms. The first-order valence-electron chi connectivity index (χ1n) is 5.55. The van der Waals surface area contributed by atoms with E-state index in [0.29, 0.717) is 6.47 Å². The highest BCUT2D eigenvalue weighted by Crippen LogP contribution is 2.23. The number of methoxy groups -OCH3 is 1. The number of carbonyl (C=O) groups excluding carboxylic acids is 1. The van der Waals surface area contributed by atoms with Gasteiger partial charge in [0.1, 0.15) is 0 Å². The van der Waals surface area contributed by atoms with Gasteiger partial charge < -0.3 is 9.72 Å². The number of H-pyrrole nitrogens is 1. The van der Waals surface area contributed by atoms with Gasteiger partial charge in [-0.25, -0.2) is 0 Å². The Morgan fingerprint density at radius 1 is 1.28 bits per heavy atom. The monoisotopic (exact) mass is 242 g/mol. The van der Waals surface area contributed by atoms with Gasteiger partial charge in [-0.3, -0.25) is 9.78 Å². The second-order valence-electron chi connectivity index (χ2n) is 3.91. The van der Waals surface area contributed by atoms with Crippen molar-refractivity contribution in [3.8, 4) is 0 Å². The van der Waals surface area contributed by atoms with Crippen LogP contribution in [0.2, 0.25) is 0 Å². The highest BCUT2D eigenvalue weighted by atomic mass is 16.5. The van der Waals surface area contributed by atoms with Crippen LogP contribution in [-0.2, 0) is 9.53 Å². The first-order chi connectivity index (χ1) is 8.76. The van der Waals surface area contributed by atoms with Crippen LogP contribution in [0.25, 0.3) is 21.9 Å². The van der Waals surface area contributed by atoms with Crippen LogP contribution in [0.15, 0.2) is 36.5 Å². The van der Waals surface area contributed by atoms with Crippen molar-refractivity contribution >= 4 is 28.4 Å². The second-order valence-corrected chi connectivity index (χ2v) is 3.91. The number of hydrogen-bond donors (Lipinski definition) is 1. The molecule has 1 N–H and O–H groups in total. The maximum absolute atomic E-state index is 8.95. The van der Waals surface area contributed by atoms with Crippen LogP contribution >= 0.6 is 0 Å². The van der Waals surface area contributed by atoms with E-state index < -0.39 is 0 Å². The number of aryl methyl sites for hydroxylation is 1. The summed E-state index contributed by atoms with van der Waals surface area (Å²) in [7, 11) is 1.31. The lowest BCUT2D eigenvalue weighted by Crippen LogP contribution is -1.72. The lowest BCUT2D eigenvalue weighted by Gasteiger charge is -1.91. The zero-order valence-electron chi connectivity index (χ0n) is 10.3. The Bertz CT molecular complexity index is 674.